The van der Waals surface area contributed by atoms with Crippen LogP contribution >= 0.6 is 0 Å². The highest BCUT2D eigenvalue weighted by molar-refractivity contribution is 5.92. The van der Waals surface area contributed by atoms with E-state index in [1.165, 1.54) is 42.3 Å². The molecule has 3 heterocycles. The molecule has 6 rings (SSSR count). The van der Waals surface area contributed by atoms with E-state index in [4.69, 9.17) is 4.74 Å². The summed E-state index contributed by atoms with van der Waals surface area (Å²) >= 11 is 0. The number of aliphatic hydroxyl groups excluding tert-OH is 1. The van der Waals surface area contributed by atoms with E-state index in [1.54, 1.807) is 7.11 Å². The Bertz CT molecular complexity index is 1260. The fourth-order valence-corrected chi connectivity index (χ4v) is 6.99. The summed E-state index contributed by atoms with van der Waals surface area (Å²) in [4.78, 5) is 17.5. The number of urea groups is 1. The predicted octanol–water partition coefficient (Wildman–Crippen LogP) is 4.51. The molecule has 190 valence electrons. The monoisotopic (exact) mass is 488 g/mol. The van der Waals surface area contributed by atoms with Gasteiger partial charge in [0.2, 0.25) is 0 Å². The summed E-state index contributed by atoms with van der Waals surface area (Å²) in [6.07, 6.45) is 5.15. The van der Waals surface area contributed by atoms with Gasteiger partial charge in [0.25, 0.3) is 0 Å². The molecule has 36 heavy (non-hydrogen) atoms. The smallest absolute Gasteiger partial charge is 0.321 e. The first-order chi connectivity index (χ1) is 17.5. The molecule has 1 atom stereocenters. The fourth-order valence-electron chi connectivity index (χ4n) is 6.99. The van der Waals surface area contributed by atoms with Crippen LogP contribution in [0.1, 0.15) is 43.0 Å². The lowest BCUT2D eigenvalue weighted by Crippen LogP contribution is -2.68. The number of aliphatic hydroxyl groups is 1. The van der Waals surface area contributed by atoms with Gasteiger partial charge in [0.05, 0.1) is 25.3 Å². The molecule has 2 aromatic carbocycles. The number of carbonyl (C=O) groups excluding carboxylic acids is 1. The van der Waals surface area contributed by atoms with Crippen LogP contribution in [0.4, 0.5) is 10.5 Å². The van der Waals surface area contributed by atoms with E-state index in [1.807, 2.05) is 41.3 Å². The number of para-hydroxylation sites is 1. The quantitative estimate of drug-likeness (QED) is 0.554. The van der Waals surface area contributed by atoms with Gasteiger partial charge in [0.1, 0.15) is 5.75 Å². The van der Waals surface area contributed by atoms with E-state index in [9.17, 15) is 9.90 Å². The number of nitrogens with one attached hydrogen (secondary N) is 1. The minimum Gasteiger partial charge on any atom is -0.497 e. The fraction of sp³-hybridized carbons (Fsp3) is 0.483. The predicted molar refractivity (Wildman–Crippen MR) is 142 cm³/mol. The van der Waals surface area contributed by atoms with Crippen LogP contribution in [0.5, 0.6) is 5.75 Å². The van der Waals surface area contributed by atoms with Crippen LogP contribution in [0.2, 0.25) is 0 Å². The molecular formula is C29H36N4O3. The molecule has 1 aromatic heterocycles. The van der Waals surface area contributed by atoms with Crippen molar-refractivity contribution in [3.8, 4) is 5.75 Å². The van der Waals surface area contributed by atoms with Gasteiger partial charge >= 0.3 is 6.03 Å². The Labute approximate surface area is 212 Å². The van der Waals surface area contributed by atoms with E-state index in [0.29, 0.717) is 19.0 Å². The third-order valence-electron chi connectivity index (χ3n) is 8.69. The van der Waals surface area contributed by atoms with Crippen LogP contribution < -0.4 is 10.1 Å². The topological polar surface area (TPSA) is 70.0 Å². The van der Waals surface area contributed by atoms with E-state index >= 15 is 0 Å². The maximum atomic E-state index is 13.1. The molecule has 1 spiro atoms. The Morgan fingerprint density at radius 2 is 1.86 bits per heavy atom. The minimum atomic E-state index is -0.151. The van der Waals surface area contributed by atoms with Crippen LogP contribution in [0, 0.1) is 5.92 Å². The summed E-state index contributed by atoms with van der Waals surface area (Å²) in [5, 5.41) is 14.9. The molecule has 3 aromatic rings. The number of carbonyl (C=O) groups is 1. The van der Waals surface area contributed by atoms with Crippen molar-refractivity contribution < 1.29 is 14.6 Å². The number of fused-ring (bicyclic) bond motifs is 4. The summed E-state index contributed by atoms with van der Waals surface area (Å²) in [6, 6.07) is 15.8. The van der Waals surface area contributed by atoms with Crippen LogP contribution in [0.15, 0.2) is 48.5 Å². The van der Waals surface area contributed by atoms with Crippen molar-refractivity contribution in [2.45, 2.75) is 37.1 Å². The Morgan fingerprint density at radius 3 is 2.56 bits per heavy atom. The molecule has 0 radical (unpaired) electrons. The molecule has 2 aliphatic heterocycles. The average molecular weight is 489 g/mol. The first-order valence-electron chi connectivity index (χ1n) is 13.2. The Hall–Kier alpha value is -3.03. The lowest BCUT2D eigenvalue weighted by atomic mass is 9.68. The van der Waals surface area contributed by atoms with Gasteiger partial charge < -0.3 is 24.6 Å². The number of hydrogen-bond acceptors (Lipinski definition) is 4. The number of amides is 2. The van der Waals surface area contributed by atoms with Crippen molar-refractivity contribution in [1.82, 2.24) is 14.4 Å². The summed E-state index contributed by atoms with van der Waals surface area (Å²) in [5.41, 5.74) is 4.27. The number of likely N-dealkylation sites (tertiary alicyclic amines) is 1. The molecule has 2 fully saturated rings. The van der Waals surface area contributed by atoms with E-state index < -0.39 is 0 Å². The molecular weight excluding hydrogens is 452 g/mol. The van der Waals surface area contributed by atoms with Gasteiger partial charge in [-0.1, -0.05) is 31.0 Å². The molecule has 7 heteroatoms. The number of ether oxygens (including phenoxy) is 1. The molecule has 7 nitrogen and oxygen atoms in total. The Balaban J connectivity index is 1.37. The molecule has 2 N–H and O–H groups in total. The number of rotatable bonds is 5. The zero-order chi connectivity index (χ0) is 24.9. The zero-order valence-corrected chi connectivity index (χ0v) is 21.2. The second-order valence-corrected chi connectivity index (χ2v) is 10.9. The number of aromatic nitrogens is 1. The maximum absolute atomic E-state index is 13.1. The number of benzene rings is 2. The van der Waals surface area contributed by atoms with Crippen molar-refractivity contribution in [3.05, 3.63) is 59.8 Å². The van der Waals surface area contributed by atoms with Gasteiger partial charge in [-0.3, -0.25) is 4.90 Å². The first kappa shape index (κ1) is 23.4. The number of nitrogens with zero attached hydrogens (tertiary/aromatic N) is 3. The second kappa shape index (κ2) is 9.12. The lowest BCUT2D eigenvalue weighted by Gasteiger charge is -2.56. The summed E-state index contributed by atoms with van der Waals surface area (Å²) < 4.78 is 7.79. The van der Waals surface area contributed by atoms with Crippen LogP contribution in [-0.4, -0.2) is 65.4 Å². The minimum absolute atomic E-state index is 0.0400. The highest BCUT2D eigenvalue weighted by Gasteiger charge is 2.54. The number of methoxy groups -OCH3 is 1. The number of anilines is 1. The molecule has 1 aliphatic carbocycles. The molecule has 3 aliphatic rings. The number of aryl methyl sites for hydroxylation is 1. The van der Waals surface area contributed by atoms with Gasteiger partial charge in [-0.25, -0.2) is 4.79 Å². The van der Waals surface area contributed by atoms with Crippen LogP contribution in [0.3, 0.4) is 0 Å². The summed E-state index contributed by atoms with van der Waals surface area (Å²) in [6.45, 7) is 3.30. The molecule has 0 bridgehead atoms. The van der Waals surface area contributed by atoms with Gasteiger partial charge in [0.15, 0.2) is 0 Å². The van der Waals surface area contributed by atoms with E-state index in [-0.39, 0.29) is 24.1 Å². The summed E-state index contributed by atoms with van der Waals surface area (Å²) in [5.74, 6) is 1.51. The second-order valence-electron chi connectivity index (χ2n) is 10.9. The molecule has 1 saturated carbocycles. The van der Waals surface area contributed by atoms with E-state index in [0.717, 1.165) is 30.0 Å². The molecule has 0 unspecified atom stereocenters. The SMILES string of the molecule is COc1ccc2c3c(n(C)c2c1)[C@@H](CO)N(CC1CCCC1)CC31CN(C(=O)Nc2ccccc2)C1. The molecule has 1 saturated heterocycles. The third-order valence-corrected chi connectivity index (χ3v) is 8.69. The number of hydrogen-bond donors (Lipinski definition) is 2. The zero-order valence-electron chi connectivity index (χ0n) is 21.2. The Kier molecular flexibility index (Phi) is 5.92. The van der Waals surface area contributed by atoms with Crippen molar-refractivity contribution in [2.24, 2.45) is 13.0 Å². The van der Waals surface area contributed by atoms with Crippen LogP contribution in [-0.2, 0) is 12.5 Å². The first-order valence-corrected chi connectivity index (χ1v) is 13.2. The average Bonchev–Trinajstić information content (AvgIpc) is 3.49. The van der Waals surface area contributed by atoms with Crippen molar-refractivity contribution >= 4 is 22.6 Å². The molecule has 2 amide bonds. The van der Waals surface area contributed by atoms with Gasteiger partial charge in [-0.05, 0) is 48.6 Å². The Morgan fingerprint density at radius 1 is 1.11 bits per heavy atom. The van der Waals surface area contributed by atoms with E-state index in [2.05, 4.69) is 34.0 Å². The van der Waals surface area contributed by atoms with Gasteiger partial charge in [-0.2, -0.15) is 0 Å². The highest BCUT2D eigenvalue weighted by Crippen LogP contribution is 2.50. The highest BCUT2D eigenvalue weighted by atomic mass is 16.5. The van der Waals surface area contributed by atoms with Crippen LogP contribution in [0.25, 0.3) is 10.9 Å². The lowest BCUT2D eigenvalue weighted by molar-refractivity contribution is 0.00823. The van der Waals surface area contributed by atoms with Crippen molar-refractivity contribution in [1.29, 1.82) is 0 Å². The largest absolute Gasteiger partial charge is 0.497 e. The maximum Gasteiger partial charge on any atom is 0.321 e. The van der Waals surface area contributed by atoms with Gasteiger partial charge in [0, 0.05) is 61.5 Å². The van der Waals surface area contributed by atoms with Gasteiger partial charge in [-0.15, -0.1) is 0 Å². The van der Waals surface area contributed by atoms with Crippen molar-refractivity contribution in [2.75, 3.05) is 45.2 Å². The summed E-state index contributed by atoms with van der Waals surface area (Å²) in [7, 11) is 3.80. The standard InChI is InChI=1S/C29H36N4O3/c1-31-24-14-22(36-2)12-13-23(24)26-27(31)25(16-34)32(15-20-8-6-7-9-20)17-29(26)18-33(19-29)28(35)30-21-10-4-3-5-11-21/h3-5,10-14,20,25,34H,6-9,15-19H2,1-2H3,(H,30,35)/t25-/m1/s1. The third kappa shape index (κ3) is 3.76. The van der Waals surface area contributed by atoms with Crippen molar-refractivity contribution in [3.63, 3.8) is 0 Å². The normalized spacial score (nSPS) is 21.5.